The maximum Gasteiger partial charge on any atom is 0.250 e. The Morgan fingerprint density at radius 3 is 2.43 bits per heavy atom. The second kappa shape index (κ2) is 7.32. The molecule has 0 bridgehead atoms. The largest absolute Gasteiger partial charge is 0.507 e. The van der Waals surface area contributed by atoms with Crippen LogP contribution in [0.15, 0.2) is 59.6 Å². The van der Waals surface area contributed by atoms with Gasteiger partial charge >= 0.3 is 0 Å². The van der Waals surface area contributed by atoms with Crippen molar-refractivity contribution in [3.05, 3.63) is 71.3 Å². The summed E-state index contributed by atoms with van der Waals surface area (Å²) in [7, 11) is 0. The number of rotatable bonds is 4. The molecule has 1 aliphatic rings. The molecule has 6 heteroatoms. The lowest BCUT2D eigenvalue weighted by Gasteiger charge is -2.18. The average Bonchev–Trinajstić information content (AvgIpc) is 3.22. The molecule has 1 heterocycles. The molecule has 1 saturated heterocycles. The first-order chi connectivity index (χ1) is 13.6. The van der Waals surface area contributed by atoms with Crippen molar-refractivity contribution in [2.75, 3.05) is 6.54 Å². The lowest BCUT2D eigenvalue weighted by atomic mass is 9.93. The van der Waals surface area contributed by atoms with E-state index in [1.165, 1.54) is 0 Å². The van der Waals surface area contributed by atoms with Crippen LogP contribution in [0.2, 0.25) is 0 Å². The monoisotopic (exact) mass is 374 g/mol. The maximum atomic E-state index is 12.3. The van der Waals surface area contributed by atoms with Gasteiger partial charge in [-0.05, 0) is 48.5 Å². The smallest absolute Gasteiger partial charge is 0.250 e. The fourth-order valence-corrected chi connectivity index (χ4v) is 3.81. The molecule has 0 aromatic heterocycles. The van der Waals surface area contributed by atoms with Crippen LogP contribution in [-0.2, 0) is 0 Å². The number of hydrogen-bond acceptors (Lipinski definition) is 4. The van der Waals surface area contributed by atoms with Crippen molar-refractivity contribution in [1.29, 1.82) is 0 Å². The molecule has 0 radical (unpaired) electrons. The molecule has 0 spiro atoms. The van der Waals surface area contributed by atoms with E-state index in [0.717, 1.165) is 35.7 Å². The first kappa shape index (κ1) is 18.0. The van der Waals surface area contributed by atoms with Crippen LogP contribution < -0.4 is 16.8 Å². The Hall–Kier alpha value is -3.38. The number of phenolic OH excluding ortho intramolecular Hbond substituents is 1. The number of phenols is 1. The summed E-state index contributed by atoms with van der Waals surface area (Å²) in [5.41, 5.74) is 14.1. The van der Waals surface area contributed by atoms with Gasteiger partial charge in [0.15, 0.2) is 0 Å². The fourth-order valence-electron chi connectivity index (χ4n) is 3.81. The summed E-state index contributed by atoms with van der Waals surface area (Å²) in [6.45, 7) is 0.949. The highest BCUT2D eigenvalue weighted by Gasteiger charge is 2.23. The predicted octanol–water partition coefficient (Wildman–Crippen LogP) is 3.11. The van der Waals surface area contributed by atoms with Crippen LogP contribution in [0.25, 0.3) is 10.8 Å². The molecule has 4 rings (SSSR count). The van der Waals surface area contributed by atoms with E-state index < -0.39 is 5.91 Å². The van der Waals surface area contributed by atoms with Crippen molar-refractivity contribution in [1.82, 2.24) is 5.32 Å². The van der Waals surface area contributed by atoms with Crippen molar-refractivity contribution in [2.45, 2.75) is 18.9 Å². The zero-order valence-electron chi connectivity index (χ0n) is 15.4. The molecule has 1 amide bonds. The molecule has 1 unspecified atom stereocenters. The van der Waals surface area contributed by atoms with Gasteiger partial charge in [-0.3, -0.25) is 4.79 Å². The summed E-state index contributed by atoms with van der Waals surface area (Å²) in [4.78, 5) is 16.8. The normalized spacial score (nSPS) is 17.1. The Balaban J connectivity index is 1.96. The Morgan fingerprint density at radius 1 is 1.04 bits per heavy atom. The van der Waals surface area contributed by atoms with Crippen LogP contribution in [0, 0.1) is 0 Å². The molecular weight excluding hydrogens is 352 g/mol. The Bertz CT molecular complexity index is 1090. The number of nitrogens with two attached hydrogens (primary N) is 2. The van der Waals surface area contributed by atoms with E-state index in [1.807, 2.05) is 30.3 Å². The van der Waals surface area contributed by atoms with Gasteiger partial charge < -0.3 is 21.9 Å². The van der Waals surface area contributed by atoms with Crippen molar-refractivity contribution in [3.63, 3.8) is 0 Å². The molecule has 3 aromatic carbocycles. The number of primary amides is 1. The van der Waals surface area contributed by atoms with Crippen molar-refractivity contribution in [3.8, 4) is 5.75 Å². The molecule has 6 N–H and O–H groups in total. The molecule has 0 saturated carbocycles. The molecule has 3 aromatic rings. The van der Waals surface area contributed by atoms with Gasteiger partial charge in [-0.2, -0.15) is 0 Å². The third kappa shape index (κ3) is 3.18. The minimum atomic E-state index is -0.561. The molecule has 1 fully saturated rings. The fraction of sp³-hybridized carbons (Fsp3) is 0.182. The highest BCUT2D eigenvalue weighted by atomic mass is 16.3. The van der Waals surface area contributed by atoms with Gasteiger partial charge in [0, 0.05) is 11.4 Å². The highest BCUT2D eigenvalue weighted by molar-refractivity contribution is 6.11. The third-order valence-electron chi connectivity index (χ3n) is 5.16. The van der Waals surface area contributed by atoms with Crippen LogP contribution in [0.1, 0.15) is 40.4 Å². The number of aliphatic imine (C=N–C) groups is 1. The minimum absolute atomic E-state index is 0.0282. The van der Waals surface area contributed by atoms with Crippen LogP contribution in [0.3, 0.4) is 0 Å². The van der Waals surface area contributed by atoms with E-state index >= 15 is 0 Å². The number of amides is 1. The predicted molar refractivity (Wildman–Crippen MR) is 111 cm³/mol. The van der Waals surface area contributed by atoms with Gasteiger partial charge in [0.1, 0.15) is 11.6 Å². The van der Waals surface area contributed by atoms with Gasteiger partial charge in [0.05, 0.1) is 16.8 Å². The van der Waals surface area contributed by atoms with Crippen molar-refractivity contribution >= 4 is 28.2 Å². The maximum absolute atomic E-state index is 12.3. The molecule has 0 aliphatic carbocycles. The minimum Gasteiger partial charge on any atom is -0.507 e. The van der Waals surface area contributed by atoms with Crippen molar-refractivity contribution < 1.29 is 9.90 Å². The van der Waals surface area contributed by atoms with Gasteiger partial charge in [0.2, 0.25) is 0 Å². The van der Waals surface area contributed by atoms with E-state index in [-0.39, 0.29) is 17.6 Å². The molecule has 6 nitrogen and oxygen atoms in total. The molecular formula is C22H22N4O2. The topological polar surface area (TPSA) is 114 Å². The second-order valence-electron chi connectivity index (χ2n) is 6.93. The highest BCUT2D eigenvalue weighted by Crippen LogP contribution is 2.38. The number of nitrogens with one attached hydrogen (secondary N) is 1. The zero-order valence-corrected chi connectivity index (χ0v) is 15.4. The lowest BCUT2D eigenvalue weighted by Crippen LogP contribution is -2.18. The summed E-state index contributed by atoms with van der Waals surface area (Å²) in [6, 6.07) is 16.5. The first-order valence-corrected chi connectivity index (χ1v) is 9.27. The Morgan fingerprint density at radius 2 is 1.75 bits per heavy atom. The van der Waals surface area contributed by atoms with E-state index in [2.05, 4.69) is 10.3 Å². The number of para-hydroxylation sites is 1. The number of aromatic hydroxyl groups is 1. The molecule has 28 heavy (non-hydrogen) atoms. The van der Waals surface area contributed by atoms with Gasteiger partial charge in [-0.25, -0.2) is 4.99 Å². The van der Waals surface area contributed by atoms with E-state index in [0.29, 0.717) is 16.8 Å². The number of carbonyl (C=O) groups is 1. The number of benzene rings is 3. The van der Waals surface area contributed by atoms with Gasteiger partial charge in [0.25, 0.3) is 5.91 Å². The summed E-state index contributed by atoms with van der Waals surface area (Å²) in [5.74, 6) is -0.410. The summed E-state index contributed by atoms with van der Waals surface area (Å²) < 4.78 is 0. The number of hydrogen-bond donors (Lipinski definition) is 4. The van der Waals surface area contributed by atoms with E-state index in [4.69, 9.17) is 11.5 Å². The molecule has 1 atom stereocenters. The van der Waals surface area contributed by atoms with Gasteiger partial charge in [-0.1, -0.05) is 36.4 Å². The lowest BCUT2D eigenvalue weighted by molar-refractivity contribution is 0.100. The van der Waals surface area contributed by atoms with Crippen LogP contribution in [-0.4, -0.2) is 23.4 Å². The number of nitrogens with zero attached hydrogens (tertiary/aromatic N) is 1. The molecule has 142 valence electrons. The quantitative estimate of drug-likeness (QED) is 0.415. The van der Waals surface area contributed by atoms with Crippen molar-refractivity contribution in [2.24, 2.45) is 16.5 Å². The number of amidine groups is 1. The Kier molecular flexibility index (Phi) is 4.71. The summed E-state index contributed by atoms with van der Waals surface area (Å²) in [6.07, 6.45) is 2.09. The number of carbonyl (C=O) groups excluding carboxylic acids is 1. The SMILES string of the molecule is NC(=O)c1cc(C2CCCN2)c2ccccc2c1N=C(N)c1ccccc1O. The summed E-state index contributed by atoms with van der Waals surface area (Å²) in [5, 5.41) is 15.4. The standard InChI is InChI=1S/C22H22N4O2/c23-21(15-8-3-4-10-19(15)27)26-20-14-7-2-1-6-13(14)16(12-17(20)22(24)28)18-9-5-11-25-18/h1-4,6-8,10,12,18,25,27H,5,9,11H2,(H2,23,26)(H2,24,28). The molecule has 1 aliphatic heterocycles. The third-order valence-corrected chi connectivity index (χ3v) is 5.16. The average molecular weight is 374 g/mol. The van der Waals surface area contributed by atoms with Crippen LogP contribution in [0.5, 0.6) is 5.75 Å². The van der Waals surface area contributed by atoms with E-state index in [1.54, 1.807) is 24.3 Å². The van der Waals surface area contributed by atoms with E-state index in [9.17, 15) is 9.90 Å². The Labute approximate surface area is 162 Å². The van der Waals surface area contributed by atoms with Crippen LogP contribution in [0.4, 0.5) is 5.69 Å². The zero-order chi connectivity index (χ0) is 19.7. The van der Waals surface area contributed by atoms with Gasteiger partial charge in [-0.15, -0.1) is 0 Å². The van der Waals surface area contributed by atoms with Crippen LogP contribution >= 0.6 is 0 Å². The number of fused-ring (bicyclic) bond motifs is 1. The first-order valence-electron chi connectivity index (χ1n) is 9.27. The second-order valence-corrected chi connectivity index (χ2v) is 6.93. The summed E-state index contributed by atoms with van der Waals surface area (Å²) >= 11 is 0.